The number of morpholine rings is 1. The molecular weight excluding hydrogens is 306 g/mol. The van der Waals surface area contributed by atoms with E-state index in [-0.39, 0.29) is 12.0 Å². The predicted octanol–water partition coefficient (Wildman–Crippen LogP) is 1.03. The van der Waals surface area contributed by atoms with Crippen LogP contribution in [-0.4, -0.2) is 51.1 Å². The van der Waals surface area contributed by atoms with Crippen molar-refractivity contribution in [1.82, 2.24) is 19.4 Å². The van der Waals surface area contributed by atoms with Crippen molar-refractivity contribution in [2.24, 2.45) is 0 Å². The number of hydrogen-bond acceptors (Lipinski definition) is 5. The van der Waals surface area contributed by atoms with E-state index in [2.05, 4.69) is 9.97 Å². The van der Waals surface area contributed by atoms with Crippen molar-refractivity contribution < 1.29 is 9.53 Å². The number of ether oxygens (including phenoxy) is 1. The van der Waals surface area contributed by atoms with E-state index in [0.717, 1.165) is 24.2 Å². The Balaban J connectivity index is 1.52. The maximum absolute atomic E-state index is 12.5. The SMILES string of the molecule is Cc1nccn1CC(=O)N1CCOC(CCc2ccnc(N)c2)C1. The van der Waals surface area contributed by atoms with Crippen LogP contribution in [0.25, 0.3) is 0 Å². The van der Waals surface area contributed by atoms with Crippen LogP contribution in [0.3, 0.4) is 0 Å². The summed E-state index contributed by atoms with van der Waals surface area (Å²) in [4.78, 5) is 22.5. The van der Waals surface area contributed by atoms with Crippen LogP contribution in [0.1, 0.15) is 17.8 Å². The first-order valence-electron chi connectivity index (χ1n) is 8.19. The van der Waals surface area contributed by atoms with Crippen molar-refractivity contribution in [3.05, 3.63) is 42.1 Å². The van der Waals surface area contributed by atoms with E-state index < -0.39 is 0 Å². The van der Waals surface area contributed by atoms with Gasteiger partial charge < -0.3 is 19.9 Å². The first kappa shape index (κ1) is 16.4. The number of aryl methyl sites for hydroxylation is 2. The summed E-state index contributed by atoms with van der Waals surface area (Å²) in [5.74, 6) is 1.49. The monoisotopic (exact) mass is 329 g/mol. The average Bonchev–Trinajstić information content (AvgIpc) is 2.98. The second kappa shape index (κ2) is 7.44. The largest absolute Gasteiger partial charge is 0.384 e. The highest BCUT2D eigenvalue weighted by molar-refractivity contribution is 5.76. The highest BCUT2D eigenvalue weighted by Gasteiger charge is 2.24. The Hall–Kier alpha value is -2.41. The molecule has 1 fully saturated rings. The number of hydrogen-bond donors (Lipinski definition) is 1. The molecule has 2 aromatic heterocycles. The zero-order valence-corrected chi connectivity index (χ0v) is 13.9. The van der Waals surface area contributed by atoms with Gasteiger partial charge in [-0.15, -0.1) is 0 Å². The summed E-state index contributed by atoms with van der Waals surface area (Å²) in [7, 11) is 0. The van der Waals surface area contributed by atoms with Gasteiger partial charge in [0.15, 0.2) is 0 Å². The number of aromatic nitrogens is 3. The first-order chi connectivity index (χ1) is 11.6. The molecule has 1 unspecified atom stereocenters. The Morgan fingerprint density at radius 2 is 2.29 bits per heavy atom. The van der Waals surface area contributed by atoms with Crippen LogP contribution in [0, 0.1) is 6.92 Å². The van der Waals surface area contributed by atoms with Crippen molar-refractivity contribution in [3.63, 3.8) is 0 Å². The molecule has 0 bridgehead atoms. The van der Waals surface area contributed by atoms with Crippen LogP contribution in [-0.2, 0) is 22.5 Å². The minimum Gasteiger partial charge on any atom is -0.384 e. The number of rotatable bonds is 5. The Morgan fingerprint density at radius 1 is 1.42 bits per heavy atom. The number of carbonyl (C=O) groups excluding carboxylic acids is 1. The second-order valence-corrected chi connectivity index (χ2v) is 6.06. The number of nitrogens with two attached hydrogens (primary N) is 1. The first-order valence-corrected chi connectivity index (χ1v) is 8.19. The van der Waals surface area contributed by atoms with E-state index in [4.69, 9.17) is 10.5 Å². The third kappa shape index (κ3) is 4.11. The summed E-state index contributed by atoms with van der Waals surface area (Å²) in [5, 5.41) is 0. The predicted molar refractivity (Wildman–Crippen MR) is 90.3 cm³/mol. The lowest BCUT2D eigenvalue weighted by molar-refractivity contribution is -0.139. The lowest BCUT2D eigenvalue weighted by Gasteiger charge is -2.33. The standard InChI is InChI=1S/C17H23N5O2/c1-13-19-6-7-21(13)12-17(23)22-8-9-24-15(11-22)3-2-14-4-5-20-16(18)10-14/h4-7,10,15H,2-3,8-9,11-12H2,1H3,(H2,18,20). The molecule has 7 heteroatoms. The maximum atomic E-state index is 12.5. The normalized spacial score (nSPS) is 17.9. The zero-order chi connectivity index (χ0) is 16.9. The highest BCUT2D eigenvalue weighted by Crippen LogP contribution is 2.14. The smallest absolute Gasteiger partial charge is 0.242 e. The van der Waals surface area contributed by atoms with E-state index in [1.54, 1.807) is 12.4 Å². The fourth-order valence-electron chi connectivity index (χ4n) is 2.91. The van der Waals surface area contributed by atoms with Gasteiger partial charge in [-0.2, -0.15) is 0 Å². The van der Waals surface area contributed by atoms with Gasteiger partial charge in [-0.3, -0.25) is 4.79 Å². The van der Waals surface area contributed by atoms with Gasteiger partial charge in [0, 0.05) is 31.7 Å². The van der Waals surface area contributed by atoms with Gasteiger partial charge in [-0.25, -0.2) is 9.97 Å². The van der Waals surface area contributed by atoms with Crippen LogP contribution in [0.2, 0.25) is 0 Å². The van der Waals surface area contributed by atoms with E-state index in [9.17, 15) is 4.79 Å². The van der Waals surface area contributed by atoms with E-state index >= 15 is 0 Å². The summed E-state index contributed by atoms with van der Waals surface area (Å²) in [6, 6.07) is 3.84. The van der Waals surface area contributed by atoms with Crippen molar-refractivity contribution >= 4 is 11.7 Å². The van der Waals surface area contributed by atoms with Crippen LogP contribution < -0.4 is 5.73 Å². The lowest BCUT2D eigenvalue weighted by atomic mass is 10.1. The third-order valence-electron chi connectivity index (χ3n) is 4.32. The molecule has 1 aliphatic rings. The quantitative estimate of drug-likeness (QED) is 0.885. The van der Waals surface area contributed by atoms with E-state index in [1.807, 2.05) is 34.7 Å². The molecule has 0 aliphatic carbocycles. The minimum absolute atomic E-state index is 0.0565. The average molecular weight is 329 g/mol. The number of nitrogen functional groups attached to an aromatic ring is 1. The van der Waals surface area contributed by atoms with Gasteiger partial charge in [0.25, 0.3) is 0 Å². The van der Waals surface area contributed by atoms with Crippen LogP contribution >= 0.6 is 0 Å². The summed E-state index contributed by atoms with van der Waals surface area (Å²) >= 11 is 0. The Labute approximate surface area is 141 Å². The Kier molecular flexibility index (Phi) is 5.10. The number of imidazole rings is 1. The number of nitrogens with zero attached hydrogens (tertiary/aromatic N) is 4. The van der Waals surface area contributed by atoms with Gasteiger partial charge in [0.2, 0.25) is 5.91 Å². The minimum atomic E-state index is 0.0565. The molecule has 2 N–H and O–H groups in total. The molecule has 128 valence electrons. The van der Waals surface area contributed by atoms with E-state index in [1.165, 1.54) is 0 Å². The van der Waals surface area contributed by atoms with Crippen LogP contribution in [0.15, 0.2) is 30.7 Å². The molecule has 0 spiro atoms. The number of amides is 1. The molecule has 0 radical (unpaired) electrons. The Morgan fingerprint density at radius 3 is 3.04 bits per heavy atom. The van der Waals surface area contributed by atoms with Crippen molar-refractivity contribution in [1.29, 1.82) is 0 Å². The van der Waals surface area contributed by atoms with Crippen molar-refractivity contribution in [2.75, 3.05) is 25.4 Å². The highest BCUT2D eigenvalue weighted by atomic mass is 16.5. The lowest BCUT2D eigenvalue weighted by Crippen LogP contribution is -2.46. The third-order valence-corrected chi connectivity index (χ3v) is 4.32. The topological polar surface area (TPSA) is 86.3 Å². The number of pyridine rings is 1. The molecular formula is C17H23N5O2. The summed E-state index contributed by atoms with van der Waals surface area (Å²) < 4.78 is 7.68. The van der Waals surface area contributed by atoms with Gasteiger partial charge in [0.05, 0.1) is 12.7 Å². The van der Waals surface area contributed by atoms with Crippen molar-refractivity contribution in [2.45, 2.75) is 32.4 Å². The molecule has 3 rings (SSSR count). The fraction of sp³-hybridized carbons (Fsp3) is 0.471. The van der Waals surface area contributed by atoms with Crippen LogP contribution in [0.4, 0.5) is 5.82 Å². The molecule has 1 saturated heterocycles. The van der Waals surface area contributed by atoms with Crippen LogP contribution in [0.5, 0.6) is 0 Å². The Bertz CT molecular complexity index is 700. The van der Waals surface area contributed by atoms with Gasteiger partial charge in [-0.05, 0) is 37.5 Å². The summed E-state index contributed by atoms with van der Waals surface area (Å²) in [6.07, 6.45) is 7.04. The molecule has 2 aromatic rings. The van der Waals surface area contributed by atoms with Gasteiger partial charge in [-0.1, -0.05) is 0 Å². The molecule has 1 aliphatic heterocycles. The molecule has 1 atom stereocenters. The summed E-state index contributed by atoms with van der Waals surface area (Å²) in [5.41, 5.74) is 6.85. The molecule has 3 heterocycles. The molecule has 0 aromatic carbocycles. The van der Waals surface area contributed by atoms with Gasteiger partial charge >= 0.3 is 0 Å². The molecule has 7 nitrogen and oxygen atoms in total. The molecule has 24 heavy (non-hydrogen) atoms. The number of carbonyl (C=O) groups is 1. The molecule has 1 amide bonds. The van der Waals surface area contributed by atoms with Crippen molar-refractivity contribution in [3.8, 4) is 0 Å². The fourth-order valence-corrected chi connectivity index (χ4v) is 2.91. The maximum Gasteiger partial charge on any atom is 0.242 e. The number of anilines is 1. The summed E-state index contributed by atoms with van der Waals surface area (Å²) in [6.45, 7) is 4.09. The zero-order valence-electron chi connectivity index (χ0n) is 13.9. The molecule has 0 saturated carbocycles. The van der Waals surface area contributed by atoms with E-state index in [0.29, 0.717) is 32.1 Å². The second-order valence-electron chi connectivity index (χ2n) is 6.06. The van der Waals surface area contributed by atoms with Gasteiger partial charge in [0.1, 0.15) is 18.2 Å².